The second-order valence-corrected chi connectivity index (χ2v) is 10.2. The van der Waals surface area contributed by atoms with Gasteiger partial charge in [0.2, 0.25) is 0 Å². The number of nitrogens with one attached hydrogen (secondary N) is 2. The molecule has 6 heteroatoms. The van der Waals surface area contributed by atoms with E-state index in [9.17, 15) is 4.21 Å². The first kappa shape index (κ1) is 23.6. The van der Waals surface area contributed by atoms with Crippen molar-refractivity contribution in [2.45, 2.75) is 70.1 Å². The average Bonchev–Trinajstić information content (AvgIpc) is 3.46. The molecule has 0 bridgehead atoms. The van der Waals surface area contributed by atoms with E-state index in [-0.39, 0.29) is 24.0 Å². The predicted octanol–water partition coefficient (Wildman–Crippen LogP) is 4.26. The van der Waals surface area contributed by atoms with Gasteiger partial charge in [-0.25, -0.2) is 0 Å². The molecule has 2 aliphatic rings. The summed E-state index contributed by atoms with van der Waals surface area (Å²) in [6.45, 7) is 5.90. The average molecular weight is 518 g/mol. The second-order valence-electron chi connectivity index (χ2n) is 8.16. The molecule has 2 N–H and O–H groups in total. The van der Waals surface area contributed by atoms with Gasteiger partial charge in [-0.05, 0) is 56.4 Å². The van der Waals surface area contributed by atoms with Crippen LogP contribution in [-0.2, 0) is 17.2 Å². The van der Waals surface area contributed by atoms with E-state index >= 15 is 0 Å². The van der Waals surface area contributed by atoms with Gasteiger partial charge >= 0.3 is 0 Å². The van der Waals surface area contributed by atoms with Crippen LogP contribution < -0.4 is 10.6 Å². The van der Waals surface area contributed by atoms with Gasteiger partial charge in [0.15, 0.2) is 5.96 Å². The number of guanidine groups is 1. The first-order chi connectivity index (χ1) is 13.1. The Morgan fingerprint density at radius 1 is 1.21 bits per heavy atom. The summed E-state index contributed by atoms with van der Waals surface area (Å²) < 4.78 is 12.2. The molecular formula is C22H36IN3OS. The molecule has 2 saturated carbocycles. The highest BCUT2D eigenvalue weighted by Gasteiger charge is 2.42. The molecular weight excluding hydrogens is 481 g/mol. The monoisotopic (exact) mass is 517 g/mol. The van der Waals surface area contributed by atoms with Crippen LogP contribution in [0.5, 0.6) is 0 Å². The Hall–Kier alpha value is -0.630. The Morgan fingerprint density at radius 2 is 1.96 bits per heavy atom. The maximum atomic E-state index is 12.2. The normalized spacial score (nSPS) is 24.7. The number of rotatable bonds is 8. The lowest BCUT2D eigenvalue weighted by atomic mass is 9.95. The quantitative estimate of drug-likeness (QED) is 0.308. The fourth-order valence-electron chi connectivity index (χ4n) is 4.11. The SMILES string of the molecule is CCNC(=NCC1(Cc2ccccc2)CC1)NC1CCCC(S(=O)CC)C1.I. The largest absolute Gasteiger partial charge is 0.357 e. The van der Waals surface area contributed by atoms with E-state index in [4.69, 9.17) is 4.99 Å². The van der Waals surface area contributed by atoms with E-state index in [1.54, 1.807) is 0 Å². The van der Waals surface area contributed by atoms with Crippen LogP contribution in [0.4, 0.5) is 0 Å². The third-order valence-corrected chi connectivity index (χ3v) is 7.66. The van der Waals surface area contributed by atoms with Crippen molar-refractivity contribution in [3.63, 3.8) is 0 Å². The molecule has 0 heterocycles. The number of hydrogen-bond donors (Lipinski definition) is 2. The molecule has 0 spiro atoms. The zero-order valence-corrected chi connectivity index (χ0v) is 20.4. The predicted molar refractivity (Wildman–Crippen MR) is 131 cm³/mol. The van der Waals surface area contributed by atoms with Gasteiger partial charge < -0.3 is 10.6 Å². The fourth-order valence-corrected chi connectivity index (χ4v) is 5.46. The van der Waals surface area contributed by atoms with E-state index in [0.717, 1.165) is 56.9 Å². The van der Waals surface area contributed by atoms with Gasteiger partial charge in [0.1, 0.15) is 0 Å². The smallest absolute Gasteiger partial charge is 0.191 e. The Labute approximate surface area is 190 Å². The highest BCUT2D eigenvalue weighted by molar-refractivity contribution is 14.0. The molecule has 1 aromatic rings. The van der Waals surface area contributed by atoms with Crippen molar-refractivity contribution in [1.29, 1.82) is 0 Å². The van der Waals surface area contributed by atoms with Gasteiger partial charge in [0, 0.05) is 40.9 Å². The molecule has 4 nitrogen and oxygen atoms in total. The first-order valence-electron chi connectivity index (χ1n) is 10.6. The molecule has 0 amide bonds. The highest BCUT2D eigenvalue weighted by Crippen LogP contribution is 2.48. The van der Waals surface area contributed by atoms with Crippen LogP contribution in [0.15, 0.2) is 35.3 Å². The second kappa shape index (κ2) is 11.5. The Bertz CT molecular complexity index is 648. The third-order valence-electron chi connectivity index (χ3n) is 5.92. The molecule has 28 heavy (non-hydrogen) atoms. The molecule has 2 aliphatic carbocycles. The minimum Gasteiger partial charge on any atom is -0.357 e. The van der Waals surface area contributed by atoms with Crippen molar-refractivity contribution in [3.05, 3.63) is 35.9 Å². The molecule has 0 saturated heterocycles. The van der Waals surface area contributed by atoms with Gasteiger partial charge in [0.05, 0.1) is 0 Å². The van der Waals surface area contributed by atoms with Gasteiger partial charge in [-0.3, -0.25) is 9.20 Å². The standard InChI is InChI=1S/C22H35N3OS.HI/c1-3-23-21(25-19-11-8-12-20(15-19)27(26)4-2)24-17-22(13-14-22)16-18-9-6-5-7-10-18;/h5-7,9-10,19-20H,3-4,8,11-17H2,1-2H3,(H2,23,24,25);1H. The molecule has 3 rings (SSSR count). The molecule has 3 unspecified atom stereocenters. The number of hydrogen-bond acceptors (Lipinski definition) is 2. The summed E-state index contributed by atoms with van der Waals surface area (Å²) in [5.41, 5.74) is 1.77. The minimum absolute atomic E-state index is 0. The summed E-state index contributed by atoms with van der Waals surface area (Å²) in [4.78, 5) is 4.95. The van der Waals surface area contributed by atoms with E-state index in [1.165, 1.54) is 18.4 Å². The van der Waals surface area contributed by atoms with E-state index in [0.29, 0.717) is 16.7 Å². The third kappa shape index (κ3) is 7.01. The number of benzene rings is 1. The summed E-state index contributed by atoms with van der Waals surface area (Å²) >= 11 is 0. The van der Waals surface area contributed by atoms with Crippen LogP contribution in [0.1, 0.15) is 57.9 Å². The Kier molecular flexibility index (Phi) is 9.74. The van der Waals surface area contributed by atoms with Crippen LogP contribution in [0.3, 0.4) is 0 Å². The Morgan fingerprint density at radius 3 is 2.61 bits per heavy atom. The van der Waals surface area contributed by atoms with E-state index < -0.39 is 10.8 Å². The first-order valence-corrected chi connectivity index (χ1v) is 12.0. The van der Waals surface area contributed by atoms with E-state index in [1.807, 2.05) is 6.92 Å². The Balaban J connectivity index is 0.00000280. The molecule has 158 valence electrons. The topological polar surface area (TPSA) is 53.5 Å². The van der Waals surface area contributed by atoms with Crippen LogP contribution in [0, 0.1) is 5.41 Å². The van der Waals surface area contributed by atoms with Crippen molar-refractivity contribution < 1.29 is 4.21 Å². The zero-order valence-electron chi connectivity index (χ0n) is 17.3. The van der Waals surface area contributed by atoms with Crippen LogP contribution in [-0.4, -0.2) is 40.3 Å². The van der Waals surface area contributed by atoms with Gasteiger partial charge in [-0.1, -0.05) is 43.7 Å². The lowest BCUT2D eigenvalue weighted by molar-refractivity contribution is 0.412. The van der Waals surface area contributed by atoms with Crippen LogP contribution in [0.2, 0.25) is 0 Å². The van der Waals surface area contributed by atoms with Crippen molar-refractivity contribution in [3.8, 4) is 0 Å². The minimum atomic E-state index is -0.683. The van der Waals surface area contributed by atoms with Crippen LogP contribution in [0.25, 0.3) is 0 Å². The van der Waals surface area contributed by atoms with Crippen molar-refractivity contribution in [1.82, 2.24) is 10.6 Å². The summed E-state index contributed by atoms with van der Waals surface area (Å²) in [6, 6.07) is 11.2. The van der Waals surface area contributed by atoms with E-state index in [2.05, 4.69) is 47.9 Å². The molecule has 1 aromatic carbocycles. The zero-order chi connectivity index (χ0) is 19.1. The molecule has 0 radical (unpaired) electrons. The summed E-state index contributed by atoms with van der Waals surface area (Å²) in [5.74, 6) is 1.71. The molecule has 3 atom stereocenters. The van der Waals surface area contributed by atoms with Crippen molar-refractivity contribution in [2.75, 3.05) is 18.8 Å². The maximum absolute atomic E-state index is 12.2. The van der Waals surface area contributed by atoms with Crippen LogP contribution >= 0.6 is 24.0 Å². The lowest BCUT2D eigenvalue weighted by Crippen LogP contribution is -2.46. The fraction of sp³-hybridized carbons (Fsp3) is 0.682. The van der Waals surface area contributed by atoms with Gasteiger partial charge in [0.25, 0.3) is 0 Å². The van der Waals surface area contributed by atoms with Crippen molar-refractivity contribution in [2.24, 2.45) is 10.4 Å². The number of aliphatic imine (C=N–C) groups is 1. The molecule has 0 aromatic heterocycles. The van der Waals surface area contributed by atoms with Crippen molar-refractivity contribution >= 4 is 40.7 Å². The highest BCUT2D eigenvalue weighted by atomic mass is 127. The molecule has 2 fully saturated rings. The lowest BCUT2D eigenvalue weighted by Gasteiger charge is -2.30. The maximum Gasteiger partial charge on any atom is 0.191 e. The van der Waals surface area contributed by atoms with Gasteiger partial charge in [-0.2, -0.15) is 0 Å². The molecule has 0 aliphatic heterocycles. The summed E-state index contributed by atoms with van der Waals surface area (Å²) in [7, 11) is -0.683. The number of halogens is 1. The summed E-state index contributed by atoms with van der Waals surface area (Å²) in [6.07, 6.45) is 8.07. The summed E-state index contributed by atoms with van der Waals surface area (Å²) in [5, 5.41) is 7.39. The number of nitrogens with zero attached hydrogens (tertiary/aromatic N) is 1. The van der Waals surface area contributed by atoms with Gasteiger partial charge in [-0.15, -0.1) is 24.0 Å².